The van der Waals surface area contributed by atoms with Crippen LogP contribution in [-0.4, -0.2) is 20.3 Å². The van der Waals surface area contributed by atoms with Crippen LogP contribution in [0, 0.1) is 0 Å². The van der Waals surface area contributed by atoms with E-state index in [1.165, 1.54) is 12.1 Å². The summed E-state index contributed by atoms with van der Waals surface area (Å²) in [4.78, 5) is 11.6. The molecule has 29 heavy (non-hydrogen) atoms. The van der Waals surface area contributed by atoms with Crippen LogP contribution in [0.3, 0.4) is 0 Å². The molecular formula is C20H14F4N4O. The zero-order valence-corrected chi connectivity index (χ0v) is 15.1. The normalized spacial score (nSPS) is 11.9. The summed E-state index contributed by atoms with van der Waals surface area (Å²) in [5, 5.41) is 8.25. The zero-order chi connectivity index (χ0) is 20.9. The molecule has 0 fully saturated rings. The molecule has 0 aliphatic heterocycles. The van der Waals surface area contributed by atoms with Crippen molar-refractivity contribution in [1.29, 1.82) is 0 Å². The smallest absolute Gasteiger partial charge is 0.320 e. The Kier molecular flexibility index (Phi) is 4.18. The maximum atomic E-state index is 13.0. The molecule has 0 radical (unpaired) electrons. The van der Waals surface area contributed by atoms with Crippen LogP contribution in [-0.2, 0) is 18.0 Å². The predicted octanol–water partition coefficient (Wildman–Crippen LogP) is 4.96. The van der Waals surface area contributed by atoms with Gasteiger partial charge in [0.05, 0.1) is 11.1 Å². The third-order valence-electron chi connectivity index (χ3n) is 4.51. The fraction of sp³-hybridized carbons (Fsp3) is 0.100. The molecule has 148 valence electrons. The van der Waals surface area contributed by atoms with Crippen molar-refractivity contribution < 1.29 is 22.4 Å². The fourth-order valence-corrected chi connectivity index (χ4v) is 3.23. The molecule has 0 aliphatic carbocycles. The molecule has 0 atom stereocenters. The lowest BCUT2D eigenvalue weighted by molar-refractivity contribution is -0.137. The van der Waals surface area contributed by atoms with Gasteiger partial charge in [-0.2, -0.15) is 18.3 Å². The van der Waals surface area contributed by atoms with E-state index >= 15 is 0 Å². The average molecular weight is 402 g/mol. The molecule has 5 nitrogen and oxygen atoms in total. The second-order valence-corrected chi connectivity index (χ2v) is 6.51. The lowest BCUT2D eigenvalue weighted by Crippen LogP contribution is -2.11. The minimum atomic E-state index is -4.43. The minimum absolute atomic E-state index is 0.358. The first-order valence-corrected chi connectivity index (χ1v) is 8.46. The molecule has 1 N–H and O–H groups in total. The number of anilines is 1. The van der Waals surface area contributed by atoms with Gasteiger partial charge in [-0.3, -0.25) is 14.0 Å². The van der Waals surface area contributed by atoms with Gasteiger partial charge in [0.25, 0.3) is 5.91 Å². The van der Waals surface area contributed by atoms with Crippen molar-refractivity contribution in [1.82, 2.24) is 14.3 Å². The van der Waals surface area contributed by atoms with Crippen LogP contribution in [0.25, 0.3) is 27.6 Å². The van der Waals surface area contributed by atoms with Gasteiger partial charge in [0.15, 0.2) is 11.5 Å². The van der Waals surface area contributed by atoms with E-state index in [1.54, 1.807) is 40.7 Å². The van der Waals surface area contributed by atoms with Crippen molar-refractivity contribution in [2.45, 2.75) is 6.18 Å². The number of nitrogens with zero attached hydrogens (tertiary/aromatic N) is 3. The highest BCUT2D eigenvalue weighted by molar-refractivity contribution is 6.10. The lowest BCUT2D eigenvalue weighted by Gasteiger charge is -2.10. The summed E-state index contributed by atoms with van der Waals surface area (Å²) < 4.78 is 55.0. The first-order chi connectivity index (χ1) is 13.6. The maximum absolute atomic E-state index is 13.0. The van der Waals surface area contributed by atoms with E-state index in [9.17, 15) is 22.4 Å². The van der Waals surface area contributed by atoms with E-state index in [-0.39, 0.29) is 0 Å². The number of aryl methyl sites for hydroxylation is 1. The monoisotopic (exact) mass is 402 g/mol. The largest absolute Gasteiger partial charge is 0.416 e. The summed E-state index contributed by atoms with van der Waals surface area (Å²) in [5.74, 6) is -2.06. The van der Waals surface area contributed by atoms with Crippen molar-refractivity contribution in [3.8, 4) is 5.69 Å². The number of rotatable bonds is 3. The van der Waals surface area contributed by atoms with E-state index in [2.05, 4.69) is 17.0 Å². The van der Waals surface area contributed by atoms with Crippen LogP contribution < -0.4 is 5.32 Å². The summed E-state index contributed by atoms with van der Waals surface area (Å²) in [6.45, 7) is 2.96. The second kappa shape index (κ2) is 6.47. The van der Waals surface area contributed by atoms with Crippen LogP contribution in [0.15, 0.2) is 61.1 Å². The molecule has 0 spiro atoms. The standard InChI is InChI=1S/C20H14F4N4O/c1-11(21)19(29)25-13-5-8-17-15(9-13)16-10-27(2)26-18(16)28(17)14-6-3-12(4-7-14)20(22,23)24/h3-10H,1H2,2H3,(H,25,29). The van der Waals surface area contributed by atoms with E-state index in [1.807, 2.05) is 0 Å². The van der Waals surface area contributed by atoms with Crippen LogP contribution >= 0.6 is 0 Å². The molecule has 0 saturated carbocycles. The number of halogens is 4. The molecule has 0 saturated heterocycles. The minimum Gasteiger partial charge on any atom is -0.320 e. The van der Waals surface area contributed by atoms with Crippen molar-refractivity contribution in [3.63, 3.8) is 0 Å². The number of amides is 1. The van der Waals surface area contributed by atoms with Gasteiger partial charge in [-0.15, -0.1) is 0 Å². The topological polar surface area (TPSA) is 51.9 Å². The number of alkyl halides is 3. The SMILES string of the molecule is C=C(F)C(=O)Nc1ccc2c(c1)c1cn(C)nc1n2-c1ccc(C(F)(F)F)cc1. The van der Waals surface area contributed by atoms with Gasteiger partial charge in [-0.05, 0) is 42.5 Å². The Hall–Kier alpha value is -3.62. The molecule has 0 aliphatic rings. The van der Waals surface area contributed by atoms with Crippen molar-refractivity contribution in [3.05, 3.63) is 66.6 Å². The quantitative estimate of drug-likeness (QED) is 0.389. The maximum Gasteiger partial charge on any atom is 0.416 e. The lowest BCUT2D eigenvalue weighted by atomic mass is 10.2. The Bertz CT molecular complexity index is 1270. The first kappa shape index (κ1) is 18.7. The van der Waals surface area contributed by atoms with Crippen molar-refractivity contribution in [2.75, 3.05) is 5.32 Å². The molecule has 2 aromatic heterocycles. The molecule has 0 bridgehead atoms. The number of hydrogen-bond donors (Lipinski definition) is 1. The van der Waals surface area contributed by atoms with E-state index in [4.69, 9.17) is 0 Å². The van der Waals surface area contributed by atoms with Crippen molar-refractivity contribution >= 4 is 33.5 Å². The fourth-order valence-electron chi connectivity index (χ4n) is 3.23. The van der Waals surface area contributed by atoms with Gasteiger partial charge < -0.3 is 5.32 Å². The van der Waals surface area contributed by atoms with Gasteiger partial charge in [0.1, 0.15) is 0 Å². The number of aromatic nitrogens is 3. The predicted molar refractivity (Wildman–Crippen MR) is 101 cm³/mol. The molecule has 2 heterocycles. The van der Waals surface area contributed by atoms with Gasteiger partial charge in [0, 0.05) is 35.4 Å². The van der Waals surface area contributed by atoms with E-state index in [0.29, 0.717) is 27.9 Å². The Morgan fingerprint density at radius 1 is 1.10 bits per heavy atom. The molecule has 9 heteroatoms. The van der Waals surface area contributed by atoms with E-state index < -0.39 is 23.5 Å². The number of hydrogen-bond acceptors (Lipinski definition) is 2. The Morgan fingerprint density at radius 2 is 1.79 bits per heavy atom. The van der Waals surface area contributed by atoms with Gasteiger partial charge in [-0.1, -0.05) is 6.58 Å². The highest BCUT2D eigenvalue weighted by Gasteiger charge is 2.30. The van der Waals surface area contributed by atoms with E-state index in [0.717, 1.165) is 17.5 Å². The van der Waals surface area contributed by atoms with Crippen LogP contribution in [0.1, 0.15) is 5.56 Å². The summed E-state index contributed by atoms with van der Waals surface area (Å²) in [6.07, 6.45) is -2.66. The van der Waals surface area contributed by atoms with Crippen LogP contribution in [0.4, 0.5) is 23.2 Å². The van der Waals surface area contributed by atoms with Crippen molar-refractivity contribution in [2.24, 2.45) is 7.05 Å². The number of carbonyl (C=O) groups is 1. The molecule has 4 rings (SSSR count). The molecular weight excluding hydrogens is 388 g/mol. The van der Waals surface area contributed by atoms with Crippen LogP contribution in [0.5, 0.6) is 0 Å². The van der Waals surface area contributed by atoms with Gasteiger partial charge >= 0.3 is 6.18 Å². The zero-order valence-electron chi connectivity index (χ0n) is 15.1. The highest BCUT2D eigenvalue weighted by atomic mass is 19.4. The third kappa shape index (κ3) is 3.24. The summed E-state index contributed by atoms with van der Waals surface area (Å²) in [6, 6.07) is 9.68. The summed E-state index contributed by atoms with van der Waals surface area (Å²) in [5.41, 5.74) is 1.34. The molecule has 0 unspecified atom stereocenters. The third-order valence-corrected chi connectivity index (χ3v) is 4.51. The number of benzene rings is 2. The number of carbonyl (C=O) groups excluding carboxylic acids is 1. The summed E-state index contributed by atoms with van der Waals surface area (Å²) in [7, 11) is 1.72. The molecule has 4 aromatic rings. The van der Waals surface area contributed by atoms with Gasteiger partial charge in [-0.25, -0.2) is 4.39 Å². The average Bonchev–Trinajstić information content (AvgIpc) is 3.16. The Balaban J connectivity index is 1.89. The highest BCUT2D eigenvalue weighted by Crippen LogP contribution is 2.34. The molecule has 1 amide bonds. The number of fused-ring (bicyclic) bond motifs is 3. The first-order valence-electron chi connectivity index (χ1n) is 8.46. The Morgan fingerprint density at radius 3 is 2.41 bits per heavy atom. The summed E-state index contributed by atoms with van der Waals surface area (Å²) >= 11 is 0. The Labute approximate surface area is 161 Å². The number of nitrogens with one attached hydrogen (secondary N) is 1. The second-order valence-electron chi connectivity index (χ2n) is 6.51. The molecule has 2 aromatic carbocycles. The van der Waals surface area contributed by atoms with Crippen LogP contribution in [0.2, 0.25) is 0 Å². The van der Waals surface area contributed by atoms with Gasteiger partial charge in [0.2, 0.25) is 0 Å².